The minimum absolute atomic E-state index is 0.248. The highest BCUT2D eigenvalue weighted by molar-refractivity contribution is 9.10. The van der Waals surface area contributed by atoms with Gasteiger partial charge in [0.25, 0.3) is 5.89 Å². The van der Waals surface area contributed by atoms with E-state index in [1.54, 1.807) is 19.2 Å². The Morgan fingerprint density at radius 2 is 2.31 bits per heavy atom. The maximum Gasteiger partial charge on any atom is 0.261 e. The maximum atomic E-state index is 8.84. The summed E-state index contributed by atoms with van der Waals surface area (Å²) in [6.45, 7) is -0.248. The molecule has 1 N–H and O–H groups in total. The van der Waals surface area contributed by atoms with Gasteiger partial charge in [-0.2, -0.15) is 4.98 Å². The van der Waals surface area contributed by atoms with Gasteiger partial charge in [-0.1, -0.05) is 21.1 Å². The van der Waals surface area contributed by atoms with E-state index in [1.165, 1.54) is 0 Å². The molecule has 0 saturated heterocycles. The van der Waals surface area contributed by atoms with Crippen LogP contribution in [0.3, 0.4) is 0 Å². The van der Waals surface area contributed by atoms with Crippen molar-refractivity contribution in [3.05, 3.63) is 28.5 Å². The molecule has 0 aliphatic rings. The standard InChI is InChI=1S/C10H9BrN2O3/c1-15-8-4-6(11)2-3-7(8)10-12-9(5-14)13-16-10/h2-4,14H,5H2,1H3. The number of aliphatic hydroxyl groups is 1. The molecule has 2 aromatic rings. The Morgan fingerprint density at radius 1 is 1.50 bits per heavy atom. The third-order valence-corrected chi connectivity index (χ3v) is 2.50. The van der Waals surface area contributed by atoms with Crippen LogP contribution in [0.1, 0.15) is 5.82 Å². The molecule has 2 rings (SSSR count). The van der Waals surface area contributed by atoms with Crippen molar-refractivity contribution in [3.63, 3.8) is 0 Å². The first kappa shape index (κ1) is 11.1. The molecule has 0 aliphatic heterocycles. The van der Waals surface area contributed by atoms with Gasteiger partial charge in [0.1, 0.15) is 12.4 Å². The van der Waals surface area contributed by atoms with Crippen LogP contribution in [0.15, 0.2) is 27.2 Å². The summed E-state index contributed by atoms with van der Waals surface area (Å²) >= 11 is 3.34. The summed E-state index contributed by atoms with van der Waals surface area (Å²) in [6.07, 6.45) is 0. The summed E-state index contributed by atoms with van der Waals surface area (Å²) in [5.74, 6) is 1.20. The third kappa shape index (κ3) is 2.07. The monoisotopic (exact) mass is 284 g/mol. The van der Waals surface area contributed by atoms with Crippen molar-refractivity contribution < 1.29 is 14.4 Å². The number of nitrogens with zero attached hydrogens (tertiary/aromatic N) is 2. The number of aromatic nitrogens is 2. The molecule has 0 aliphatic carbocycles. The van der Waals surface area contributed by atoms with Crippen LogP contribution >= 0.6 is 15.9 Å². The van der Waals surface area contributed by atoms with Gasteiger partial charge in [-0.25, -0.2) is 0 Å². The fourth-order valence-corrected chi connectivity index (χ4v) is 1.61. The van der Waals surface area contributed by atoms with Crippen LogP contribution in [0.5, 0.6) is 5.75 Å². The van der Waals surface area contributed by atoms with E-state index in [9.17, 15) is 0 Å². The van der Waals surface area contributed by atoms with Crippen molar-refractivity contribution in [2.45, 2.75) is 6.61 Å². The highest BCUT2D eigenvalue weighted by atomic mass is 79.9. The molecule has 0 spiro atoms. The van der Waals surface area contributed by atoms with E-state index < -0.39 is 0 Å². The van der Waals surface area contributed by atoms with Crippen molar-refractivity contribution >= 4 is 15.9 Å². The Labute approximate surface area is 100 Å². The molecule has 5 nitrogen and oxygen atoms in total. The number of hydrogen-bond donors (Lipinski definition) is 1. The van der Waals surface area contributed by atoms with Crippen LogP contribution in [-0.2, 0) is 6.61 Å². The Hall–Kier alpha value is -1.40. The fraction of sp³-hybridized carbons (Fsp3) is 0.200. The molecular formula is C10H9BrN2O3. The van der Waals surface area contributed by atoms with Crippen LogP contribution < -0.4 is 4.74 Å². The molecule has 0 radical (unpaired) electrons. The zero-order valence-corrected chi connectivity index (χ0v) is 10.1. The van der Waals surface area contributed by atoms with E-state index in [-0.39, 0.29) is 12.4 Å². The van der Waals surface area contributed by atoms with Gasteiger partial charge >= 0.3 is 0 Å². The van der Waals surface area contributed by atoms with Gasteiger partial charge in [-0.15, -0.1) is 0 Å². The van der Waals surface area contributed by atoms with Gasteiger partial charge in [0, 0.05) is 4.47 Å². The Bertz CT molecular complexity index is 499. The Kier molecular flexibility index (Phi) is 3.21. The number of rotatable bonds is 3. The predicted molar refractivity (Wildman–Crippen MR) is 59.9 cm³/mol. The third-order valence-electron chi connectivity index (χ3n) is 2.00. The van der Waals surface area contributed by atoms with Crippen LogP contribution in [0.2, 0.25) is 0 Å². The smallest absolute Gasteiger partial charge is 0.261 e. The fourth-order valence-electron chi connectivity index (χ4n) is 1.27. The second-order valence-corrected chi connectivity index (χ2v) is 3.93. The molecule has 0 atom stereocenters. The van der Waals surface area contributed by atoms with Crippen molar-refractivity contribution in [2.24, 2.45) is 0 Å². The van der Waals surface area contributed by atoms with Crippen molar-refractivity contribution in [3.8, 4) is 17.2 Å². The molecular weight excluding hydrogens is 276 g/mol. The predicted octanol–water partition coefficient (Wildman–Crippen LogP) is 2.00. The molecule has 1 heterocycles. The van der Waals surface area contributed by atoms with E-state index in [1.807, 2.05) is 6.07 Å². The van der Waals surface area contributed by atoms with Gasteiger partial charge in [-0.05, 0) is 18.2 Å². The molecule has 16 heavy (non-hydrogen) atoms. The lowest BCUT2D eigenvalue weighted by atomic mass is 10.2. The molecule has 0 amide bonds. The molecule has 6 heteroatoms. The van der Waals surface area contributed by atoms with E-state index >= 15 is 0 Å². The molecule has 0 bridgehead atoms. The van der Waals surface area contributed by atoms with Crippen molar-refractivity contribution in [1.82, 2.24) is 10.1 Å². The van der Waals surface area contributed by atoms with Crippen LogP contribution in [0.4, 0.5) is 0 Å². The first-order valence-corrected chi connectivity index (χ1v) is 5.31. The number of aliphatic hydroxyl groups excluding tert-OH is 1. The van der Waals surface area contributed by atoms with Gasteiger partial charge in [0.05, 0.1) is 12.7 Å². The average Bonchev–Trinajstić information content (AvgIpc) is 2.77. The van der Waals surface area contributed by atoms with Gasteiger partial charge in [0.15, 0.2) is 5.82 Å². The minimum atomic E-state index is -0.248. The summed E-state index contributed by atoms with van der Waals surface area (Å²) in [7, 11) is 1.56. The number of ether oxygens (including phenoxy) is 1. The maximum absolute atomic E-state index is 8.84. The second-order valence-electron chi connectivity index (χ2n) is 3.02. The zero-order chi connectivity index (χ0) is 11.5. The molecule has 0 fully saturated rings. The van der Waals surface area contributed by atoms with E-state index in [0.717, 1.165) is 4.47 Å². The quantitative estimate of drug-likeness (QED) is 0.934. The second kappa shape index (κ2) is 4.63. The topological polar surface area (TPSA) is 68.4 Å². The Balaban J connectivity index is 2.46. The lowest BCUT2D eigenvalue weighted by Crippen LogP contribution is -1.89. The lowest BCUT2D eigenvalue weighted by molar-refractivity contribution is 0.264. The Morgan fingerprint density at radius 3 is 2.94 bits per heavy atom. The summed E-state index contributed by atoms with van der Waals surface area (Å²) in [5.41, 5.74) is 0.693. The minimum Gasteiger partial charge on any atom is -0.496 e. The highest BCUT2D eigenvalue weighted by Gasteiger charge is 2.13. The van der Waals surface area contributed by atoms with Crippen LogP contribution in [-0.4, -0.2) is 22.4 Å². The number of halogens is 1. The largest absolute Gasteiger partial charge is 0.496 e. The van der Waals surface area contributed by atoms with Crippen molar-refractivity contribution in [1.29, 1.82) is 0 Å². The first-order valence-electron chi connectivity index (χ1n) is 4.52. The van der Waals surface area contributed by atoms with Crippen LogP contribution in [0.25, 0.3) is 11.5 Å². The highest BCUT2D eigenvalue weighted by Crippen LogP contribution is 2.31. The number of benzene rings is 1. The summed E-state index contributed by atoms with van der Waals surface area (Å²) in [5, 5.41) is 12.5. The van der Waals surface area contributed by atoms with E-state index in [2.05, 4.69) is 26.1 Å². The van der Waals surface area contributed by atoms with Gasteiger partial charge in [-0.3, -0.25) is 0 Å². The zero-order valence-electron chi connectivity index (χ0n) is 8.48. The van der Waals surface area contributed by atoms with E-state index in [0.29, 0.717) is 17.2 Å². The summed E-state index contributed by atoms with van der Waals surface area (Å²) < 4.78 is 11.1. The summed E-state index contributed by atoms with van der Waals surface area (Å²) in [6, 6.07) is 5.45. The average molecular weight is 285 g/mol. The normalized spacial score (nSPS) is 10.4. The molecule has 0 saturated carbocycles. The molecule has 1 aromatic carbocycles. The van der Waals surface area contributed by atoms with Gasteiger partial charge in [0.2, 0.25) is 0 Å². The summed E-state index contributed by atoms with van der Waals surface area (Å²) in [4.78, 5) is 4.01. The molecule has 84 valence electrons. The van der Waals surface area contributed by atoms with Crippen LogP contribution in [0, 0.1) is 0 Å². The van der Waals surface area contributed by atoms with E-state index in [4.69, 9.17) is 14.4 Å². The lowest BCUT2D eigenvalue weighted by Gasteiger charge is -2.04. The van der Waals surface area contributed by atoms with Gasteiger partial charge < -0.3 is 14.4 Å². The number of methoxy groups -OCH3 is 1. The van der Waals surface area contributed by atoms with Crippen molar-refractivity contribution in [2.75, 3.05) is 7.11 Å². The number of hydrogen-bond acceptors (Lipinski definition) is 5. The molecule has 0 unspecified atom stereocenters. The molecule has 1 aromatic heterocycles. The SMILES string of the molecule is COc1cc(Br)ccc1-c1nc(CO)no1. The first-order chi connectivity index (χ1) is 7.74.